The molecule has 0 fully saturated rings. The van der Waals surface area contributed by atoms with Gasteiger partial charge in [-0.2, -0.15) is 0 Å². The van der Waals surface area contributed by atoms with E-state index in [-0.39, 0.29) is 24.8 Å². The Hall–Kier alpha value is -2.24. The molecule has 0 amide bonds. The number of anilines is 1. The molecular formula is C15H21NO5. The van der Waals surface area contributed by atoms with Gasteiger partial charge in [0, 0.05) is 24.8 Å². The Balaban J connectivity index is 2.78. The van der Waals surface area contributed by atoms with Gasteiger partial charge in [0.2, 0.25) is 0 Å². The number of benzene rings is 1. The molecule has 0 aromatic heterocycles. The van der Waals surface area contributed by atoms with Crippen molar-refractivity contribution in [2.24, 2.45) is 0 Å². The zero-order valence-electron chi connectivity index (χ0n) is 12.6. The van der Waals surface area contributed by atoms with Crippen LogP contribution in [0.25, 0.3) is 0 Å². The van der Waals surface area contributed by atoms with Crippen molar-refractivity contribution < 1.29 is 23.8 Å². The molecular weight excluding hydrogens is 274 g/mol. The number of nitrogens with zero attached hydrogens (tertiary/aromatic N) is 1. The van der Waals surface area contributed by atoms with Gasteiger partial charge in [0.1, 0.15) is 5.75 Å². The van der Waals surface area contributed by atoms with Crippen molar-refractivity contribution in [1.82, 2.24) is 0 Å². The summed E-state index contributed by atoms with van der Waals surface area (Å²) in [5.74, 6) is 0.135. The summed E-state index contributed by atoms with van der Waals surface area (Å²) in [5.41, 5.74) is 0.877. The maximum Gasteiger partial charge on any atom is 0.307 e. The van der Waals surface area contributed by atoms with Crippen molar-refractivity contribution in [3.8, 4) is 5.75 Å². The lowest BCUT2D eigenvalue weighted by Crippen LogP contribution is -2.29. The first-order chi connectivity index (χ1) is 10.1. The fourth-order valence-corrected chi connectivity index (χ4v) is 1.83. The van der Waals surface area contributed by atoms with Gasteiger partial charge in [0.05, 0.1) is 34.2 Å². The number of hydrogen-bond acceptors (Lipinski definition) is 6. The van der Waals surface area contributed by atoms with Gasteiger partial charge >= 0.3 is 11.9 Å². The average molecular weight is 295 g/mol. The van der Waals surface area contributed by atoms with Gasteiger partial charge in [-0.05, 0) is 12.1 Å². The van der Waals surface area contributed by atoms with Crippen LogP contribution >= 0.6 is 0 Å². The van der Waals surface area contributed by atoms with Gasteiger partial charge in [-0.1, -0.05) is 6.07 Å². The molecule has 0 bridgehead atoms. The van der Waals surface area contributed by atoms with E-state index >= 15 is 0 Å². The molecule has 21 heavy (non-hydrogen) atoms. The van der Waals surface area contributed by atoms with Gasteiger partial charge in [0.25, 0.3) is 0 Å². The Morgan fingerprint density at radius 3 is 2.05 bits per heavy atom. The van der Waals surface area contributed by atoms with E-state index in [0.29, 0.717) is 18.8 Å². The zero-order chi connectivity index (χ0) is 15.7. The molecule has 0 heterocycles. The third kappa shape index (κ3) is 5.72. The molecule has 0 N–H and O–H groups in total. The number of carbonyl (C=O) groups excluding carboxylic acids is 2. The highest BCUT2D eigenvalue weighted by molar-refractivity contribution is 5.71. The second-order valence-electron chi connectivity index (χ2n) is 4.34. The van der Waals surface area contributed by atoms with Gasteiger partial charge in [0.15, 0.2) is 0 Å². The van der Waals surface area contributed by atoms with Crippen LogP contribution in [0.2, 0.25) is 0 Å². The summed E-state index contributed by atoms with van der Waals surface area (Å²) < 4.78 is 14.5. The van der Waals surface area contributed by atoms with Crippen molar-refractivity contribution in [2.45, 2.75) is 12.8 Å². The molecule has 0 saturated heterocycles. The van der Waals surface area contributed by atoms with Crippen molar-refractivity contribution in [2.75, 3.05) is 39.3 Å². The highest BCUT2D eigenvalue weighted by atomic mass is 16.5. The smallest absolute Gasteiger partial charge is 0.307 e. The summed E-state index contributed by atoms with van der Waals surface area (Å²) in [7, 11) is 4.30. The molecule has 0 saturated carbocycles. The summed E-state index contributed by atoms with van der Waals surface area (Å²) in [6, 6.07) is 7.45. The summed E-state index contributed by atoms with van der Waals surface area (Å²) in [6.07, 6.45) is 0.490. The molecule has 0 aliphatic carbocycles. The SMILES string of the molecule is COC(=O)CCN(CCC(=O)OC)c1cccc(OC)c1. The second kappa shape index (κ2) is 8.84. The molecule has 0 unspecified atom stereocenters. The van der Waals surface area contributed by atoms with Crippen molar-refractivity contribution >= 4 is 17.6 Å². The minimum absolute atomic E-state index is 0.245. The van der Waals surface area contributed by atoms with Gasteiger partial charge in [-0.3, -0.25) is 9.59 Å². The first kappa shape index (κ1) is 16.8. The number of esters is 2. The Kier molecular flexibility index (Phi) is 7.08. The van der Waals surface area contributed by atoms with Crippen molar-refractivity contribution in [1.29, 1.82) is 0 Å². The summed E-state index contributed by atoms with van der Waals surface area (Å²) in [5, 5.41) is 0. The van der Waals surface area contributed by atoms with Crippen LogP contribution in [-0.4, -0.2) is 46.4 Å². The molecule has 0 spiro atoms. The van der Waals surface area contributed by atoms with E-state index in [0.717, 1.165) is 5.69 Å². The van der Waals surface area contributed by atoms with E-state index < -0.39 is 0 Å². The molecule has 6 nitrogen and oxygen atoms in total. The summed E-state index contributed by atoms with van der Waals surface area (Å²) in [4.78, 5) is 24.5. The Bertz CT molecular complexity index is 455. The lowest BCUT2D eigenvalue weighted by Gasteiger charge is -2.24. The minimum atomic E-state index is -0.291. The Morgan fingerprint density at radius 1 is 1.00 bits per heavy atom. The number of rotatable bonds is 8. The zero-order valence-corrected chi connectivity index (χ0v) is 12.6. The van der Waals surface area contributed by atoms with E-state index in [1.54, 1.807) is 7.11 Å². The molecule has 1 aromatic carbocycles. The topological polar surface area (TPSA) is 65.1 Å². The predicted octanol–water partition coefficient (Wildman–Crippen LogP) is 1.63. The van der Waals surface area contributed by atoms with Crippen LogP contribution in [0.4, 0.5) is 5.69 Å². The van der Waals surface area contributed by atoms with Crippen molar-refractivity contribution in [3.63, 3.8) is 0 Å². The summed E-state index contributed by atoms with van der Waals surface area (Å²) >= 11 is 0. The monoisotopic (exact) mass is 295 g/mol. The number of ether oxygens (including phenoxy) is 3. The Morgan fingerprint density at radius 2 is 1.57 bits per heavy atom. The Labute approximate surface area is 124 Å². The molecule has 1 aromatic rings. The van der Waals surface area contributed by atoms with Gasteiger partial charge in [-0.15, -0.1) is 0 Å². The van der Waals surface area contributed by atoms with Crippen LogP contribution in [-0.2, 0) is 19.1 Å². The maximum atomic E-state index is 11.3. The first-order valence-corrected chi connectivity index (χ1v) is 6.63. The van der Waals surface area contributed by atoms with Crippen LogP contribution in [0.1, 0.15) is 12.8 Å². The van der Waals surface area contributed by atoms with Crippen LogP contribution in [0.15, 0.2) is 24.3 Å². The van der Waals surface area contributed by atoms with Crippen molar-refractivity contribution in [3.05, 3.63) is 24.3 Å². The highest BCUT2D eigenvalue weighted by Crippen LogP contribution is 2.21. The largest absolute Gasteiger partial charge is 0.497 e. The quantitative estimate of drug-likeness (QED) is 0.679. The van der Waals surface area contributed by atoms with E-state index in [1.165, 1.54) is 14.2 Å². The molecule has 0 radical (unpaired) electrons. The lowest BCUT2D eigenvalue weighted by molar-refractivity contribution is -0.140. The summed E-state index contributed by atoms with van der Waals surface area (Å²) in [6.45, 7) is 0.910. The molecule has 0 aliphatic rings. The van der Waals surface area contributed by atoms with Crippen LogP contribution < -0.4 is 9.64 Å². The van der Waals surface area contributed by atoms with Gasteiger partial charge < -0.3 is 19.1 Å². The fraction of sp³-hybridized carbons (Fsp3) is 0.467. The van der Waals surface area contributed by atoms with Crippen LogP contribution in [0.5, 0.6) is 5.75 Å². The molecule has 6 heteroatoms. The van der Waals surface area contributed by atoms with Crippen LogP contribution in [0.3, 0.4) is 0 Å². The second-order valence-corrected chi connectivity index (χ2v) is 4.34. The maximum absolute atomic E-state index is 11.3. The number of methoxy groups -OCH3 is 3. The first-order valence-electron chi connectivity index (χ1n) is 6.63. The average Bonchev–Trinajstić information content (AvgIpc) is 2.54. The standard InChI is InChI=1S/C15H21NO5/c1-19-13-6-4-5-12(11-13)16(9-7-14(17)20-2)10-8-15(18)21-3/h4-6,11H,7-10H2,1-3H3. The number of carbonyl (C=O) groups is 2. The van der Waals surface area contributed by atoms with E-state index in [2.05, 4.69) is 9.47 Å². The third-order valence-corrected chi connectivity index (χ3v) is 3.05. The van der Waals surface area contributed by atoms with E-state index in [9.17, 15) is 9.59 Å². The lowest BCUT2D eigenvalue weighted by atomic mass is 10.2. The minimum Gasteiger partial charge on any atom is -0.497 e. The number of hydrogen-bond donors (Lipinski definition) is 0. The van der Waals surface area contributed by atoms with E-state index in [1.807, 2.05) is 29.2 Å². The molecule has 1 rings (SSSR count). The van der Waals surface area contributed by atoms with Crippen LogP contribution in [0, 0.1) is 0 Å². The normalized spacial score (nSPS) is 9.86. The molecule has 0 atom stereocenters. The molecule has 116 valence electrons. The molecule has 0 aliphatic heterocycles. The predicted molar refractivity (Wildman–Crippen MR) is 78.5 cm³/mol. The van der Waals surface area contributed by atoms with E-state index in [4.69, 9.17) is 4.74 Å². The highest BCUT2D eigenvalue weighted by Gasteiger charge is 2.12. The van der Waals surface area contributed by atoms with Gasteiger partial charge in [-0.25, -0.2) is 0 Å². The fourth-order valence-electron chi connectivity index (χ4n) is 1.83. The third-order valence-electron chi connectivity index (χ3n) is 3.05.